The quantitative estimate of drug-likeness (QED) is 0.745. The molecule has 0 atom stereocenters. The Bertz CT molecular complexity index is 503. The first-order valence-corrected chi connectivity index (χ1v) is 5.19. The SMILES string of the molecule is COc1c(C2(C#N)CCC2)cc(F)c(F)c1F. The van der Waals surface area contributed by atoms with Crippen molar-refractivity contribution < 1.29 is 17.9 Å². The van der Waals surface area contributed by atoms with Crippen molar-refractivity contribution in [2.75, 3.05) is 7.11 Å². The number of nitrogens with zero attached hydrogens (tertiary/aromatic N) is 1. The van der Waals surface area contributed by atoms with E-state index in [1.54, 1.807) is 0 Å². The molecule has 0 aromatic heterocycles. The molecule has 0 bridgehead atoms. The number of hydrogen-bond donors (Lipinski definition) is 0. The predicted molar refractivity (Wildman–Crippen MR) is 54.0 cm³/mol. The number of ether oxygens (including phenoxy) is 1. The van der Waals surface area contributed by atoms with E-state index in [-0.39, 0.29) is 11.3 Å². The third-order valence-electron chi connectivity index (χ3n) is 3.26. The Morgan fingerprint density at radius 1 is 1.29 bits per heavy atom. The van der Waals surface area contributed by atoms with Crippen LogP contribution >= 0.6 is 0 Å². The third-order valence-corrected chi connectivity index (χ3v) is 3.26. The fraction of sp³-hybridized carbons (Fsp3) is 0.417. The van der Waals surface area contributed by atoms with Gasteiger partial charge in [-0.05, 0) is 25.3 Å². The summed E-state index contributed by atoms with van der Waals surface area (Å²) in [7, 11) is 1.17. The number of halogens is 3. The molecule has 0 heterocycles. The first kappa shape index (κ1) is 11.8. The van der Waals surface area contributed by atoms with E-state index in [2.05, 4.69) is 0 Å². The van der Waals surface area contributed by atoms with Crippen LogP contribution < -0.4 is 4.74 Å². The molecule has 5 heteroatoms. The zero-order valence-electron chi connectivity index (χ0n) is 9.19. The van der Waals surface area contributed by atoms with Gasteiger partial charge >= 0.3 is 0 Å². The Morgan fingerprint density at radius 3 is 2.35 bits per heavy atom. The number of nitriles is 1. The molecule has 0 aliphatic heterocycles. The first-order chi connectivity index (χ1) is 8.05. The van der Waals surface area contributed by atoms with E-state index in [4.69, 9.17) is 10.00 Å². The largest absolute Gasteiger partial charge is 0.493 e. The standard InChI is InChI=1S/C12H10F3NO/c1-17-11-7(12(6-16)3-2-4-12)5-8(13)9(14)10(11)15/h5H,2-4H2,1H3. The maximum atomic E-state index is 13.5. The van der Waals surface area contributed by atoms with Gasteiger partial charge in [0, 0.05) is 5.56 Å². The van der Waals surface area contributed by atoms with Gasteiger partial charge in [-0.1, -0.05) is 0 Å². The van der Waals surface area contributed by atoms with Gasteiger partial charge in [0.05, 0.1) is 18.6 Å². The lowest BCUT2D eigenvalue weighted by atomic mass is 9.65. The molecule has 1 saturated carbocycles. The molecule has 17 heavy (non-hydrogen) atoms. The summed E-state index contributed by atoms with van der Waals surface area (Å²) in [5.41, 5.74) is -0.842. The lowest BCUT2D eigenvalue weighted by Crippen LogP contribution is -2.33. The van der Waals surface area contributed by atoms with Crippen molar-refractivity contribution in [3.8, 4) is 11.8 Å². The molecule has 1 aliphatic carbocycles. The summed E-state index contributed by atoms with van der Waals surface area (Å²) >= 11 is 0. The van der Waals surface area contributed by atoms with Crippen LogP contribution in [0.1, 0.15) is 24.8 Å². The van der Waals surface area contributed by atoms with Crippen LogP contribution in [0.5, 0.6) is 5.75 Å². The van der Waals surface area contributed by atoms with Crippen molar-refractivity contribution >= 4 is 0 Å². The van der Waals surface area contributed by atoms with Crippen molar-refractivity contribution in [2.24, 2.45) is 0 Å². The smallest absolute Gasteiger partial charge is 0.203 e. The van der Waals surface area contributed by atoms with Gasteiger partial charge in [-0.25, -0.2) is 8.78 Å². The summed E-state index contributed by atoms with van der Waals surface area (Å²) in [4.78, 5) is 0. The predicted octanol–water partition coefficient (Wildman–Crippen LogP) is 3.06. The van der Waals surface area contributed by atoms with E-state index in [1.165, 1.54) is 7.11 Å². The lowest BCUT2D eigenvalue weighted by molar-refractivity contribution is 0.292. The molecule has 0 amide bonds. The minimum atomic E-state index is -1.57. The van der Waals surface area contributed by atoms with Crippen LogP contribution in [-0.2, 0) is 5.41 Å². The normalized spacial score (nSPS) is 17.1. The minimum Gasteiger partial charge on any atom is -0.493 e. The zero-order valence-corrected chi connectivity index (χ0v) is 9.19. The molecule has 0 spiro atoms. The Balaban J connectivity index is 2.66. The van der Waals surface area contributed by atoms with Gasteiger partial charge in [-0.2, -0.15) is 9.65 Å². The average molecular weight is 241 g/mol. The topological polar surface area (TPSA) is 33.0 Å². The monoisotopic (exact) mass is 241 g/mol. The van der Waals surface area contributed by atoms with Crippen LogP contribution in [0.2, 0.25) is 0 Å². The van der Waals surface area contributed by atoms with Gasteiger partial charge in [0.15, 0.2) is 17.4 Å². The van der Waals surface area contributed by atoms with Crippen LogP contribution in [0.25, 0.3) is 0 Å². The Hall–Kier alpha value is -1.70. The lowest BCUT2D eigenvalue weighted by Gasteiger charge is -2.36. The van der Waals surface area contributed by atoms with E-state index in [1.807, 2.05) is 6.07 Å². The van der Waals surface area contributed by atoms with Gasteiger partial charge in [0.25, 0.3) is 0 Å². The van der Waals surface area contributed by atoms with Gasteiger partial charge < -0.3 is 4.74 Å². The highest BCUT2D eigenvalue weighted by atomic mass is 19.2. The average Bonchev–Trinajstić information content (AvgIpc) is 2.26. The van der Waals surface area contributed by atoms with Gasteiger partial charge in [-0.3, -0.25) is 0 Å². The van der Waals surface area contributed by atoms with Crippen molar-refractivity contribution in [3.63, 3.8) is 0 Å². The molecular formula is C12H10F3NO. The Morgan fingerprint density at radius 2 is 1.94 bits per heavy atom. The zero-order chi connectivity index (χ0) is 12.6. The van der Waals surface area contributed by atoms with Gasteiger partial charge in [-0.15, -0.1) is 0 Å². The second-order valence-electron chi connectivity index (χ2n) is 4.11. The highest BCUT2D eigenvalue weighted by Gasteiger charge is 2.43. The van der Waals surface area contributed by atoms with Gasteiger partial charge in [0.1, 0.15) is 0 Å². The van der Waals surface area contributed by atoms with E-state index < -0.39 is 22.9 Å². The molecule has 2 rings (SSSR count). The number of methoxy groups -OCH3 is 1. The van der Waals surface area contributed by atoms with E-state index in [0.29, 0.717) is 12.8 Å². The third kappa shape index (κ3) is 1.55. The highest BCUT2D eigenvalue weighted by molar-refractivity contribution is 5.47. The van der Waals surface area contributed by atoms with Crippen molar-refractivity contribution in [1.82, 2.24) is 0 Å². The first-order valence-electron chi connectivity index (χ1n) is 5.19. The molecule has 0 saturated heterocycles. The highest BCUT2D eigenvalue weighted by Crippen LogP contribution is 2.47. The summed E-state index contributed by atoms with van der Waals surface area (Å²) in [6.07, 6.45) is 1.81. The maximum Gasteiger partial charge on any atom is 0.203 e. The second-order valence-corrected chi connectivity index (χ2v) is 4.11. The fourth-order valence-electron chi connectivity index (χ4n) is 2.11. The van der Waals surface area contributed by atoms with Crippen molar-refractivity contribution in [1.29, 1.82) is 5.26 Å². The van der Waals surface area contributed by atoms with Crippen LogP contribution in [0, 0.1) is 28.8 Å². The summed E-state index contributed by atoms with van der Waals surface area (Å²) in [5, 5.41) is 9.12. The van der Waals surface area contributed by atoms with Crippen molar-refractivity contribution in [2.45, 2.75) is 24.7 Å². The molecular weight excluding hydrogens is 231 g/mol. The summed E-state index contributed by atoms with van der Waals surface area (Å²) < 4.78 is 44.5. The number of hydrogen-bond acceptors (Lipinski definition) is 2. The summed E-state index contributed by atoms with van der Waals surface area (Å²) in [5.74, 6) is -4.60. The fourth-order valence-corrected chi connectivity index (χ4v) is 2.11. The van der Waals surface area contributed by atoms with Crippen LogP contribution in [0.3, 0.4) is 0 Å². The van der Waals surface area contributed by atoms with Crippen LogP contribution in [0.15, 0.2) is 6.07 Å². The molecule has 1 aromatic carbocycles. The van der Waals surface area contributed by atoms with Gasteiger partial charge in [0.2, 0.25) is 5.82 Å². The molecule has 1 aromatic rings. The number of benzene rings is 1. The van der Waals surface area contributed by atoms with E-state index in [9.17, 15) is 13.2 Å². The minimum absolute atomic E-state index is 0.102. The maximum absolute atomic E-state index is 13.5. The summed E-state index contributed by atoms with van der Waals surface area (Å²) in [6.45, 7) is 0. The number of rotatable bonds is 2. The van der Waals surface area contributed by atoms with Crippen molar-refractivity contribution in [3.05, 3.63) is 29.1 Å². The molecule has 0 radical (unpaired) electrons. The molecule has 1 fully saturated rings. The molecule has 1 aliphatic rings. The second kappa shape index (κ2) is 3.95. The Kier molecular flexibility index (Phi) is 2.74. The molecule has 0 N–H and O–H groups in total. The molecule has 0 unspecified atom stereocenters. The summed E-state index contributed by atoms with van der Waals surface area (Å²) in [6, 6.07) is 2.90. The van der Waals surface area contributed by atoms with E-state index >= 15 is 0 Å². The molecule has 2 nitrogen and oxygen atoms in total. The van der Waals surface area contributed by atoms with E-state index in [0.717, 1.165) is 12.5 Å². The van der Waals surface area contributed by atoms with Crippen LogP contribution in [-0.4, -0.2) is 7.11 Å². The molecule has 90 valence electrons. The Labute approximate surface area is 96.6 Å². The van der Waals surface area contributed by atoms with Crippen LogP contribution in [0.4, 0.5) is 13.2 Å².